The molecule has 0 amide bonds. The van der Waals surface area contributed by atoms with Gasteiger partial charge in [-0.05, 0) is 30.4 Å². The van der Waals surface area contributed by atoms with Crippen molar-refractivity contribution in [2.75, 3.05) is 13.1 Å². The molecule has 2 heterocycles. The number of nitrogens with two attached hydrogens (primary N) is 1. The summed E-state index contributed by atoms with van der Waals surface area (Å²) < 4.78 is 27.0. The molecule has 2 rings (SSSR count). The molecule has 1 saturated heterocycles. The van der Waals surface area contributed by atoms with Crippen molar-refractivity contribution >= 4 is 21.4 Å². The largest absolute Gasteiger partial charge is 0.326 e. The lowest BCUT2D eigenvalue weighted by Crippen LogP contribution is -2.42. The zero-order valence-electron chi connectivity index (χ0n) is 10.8. The van der Waals surface area contributed by atoms with Crippen LogP contribution in [0.3, 0.4) is 0 Å². The summed E-state index contributed by atoms with van der Waals surface area (Å²) in [6, 6.07) is 3.47. The average Bonchev–Trinajstić information content (AvgIpc) is 2.76. The molecule has 0 saturated carbocycles. The maximum absolute atomic E-state index is 12.5. The lowest BCUT2D eigenvalue weighted by Gasteiger charge is -2.33. The van der Waals surface area contributed by atoms with Gasteiger partial charge in [-0.25, -0.2) is 8.42 Å². The quantitative estimate of drug-likeness (QED) is 0.923. The summed E-state index contributed by atoms with van der Waals surface area (Å²) in [5.74, 6) is 0.856. The van der Waals surface area contributed by atoms with Crippen LogP contribution in [-0.4, -0.2) is 25.8 Å². The lowest BCUT2D eigenvalue weighted by molar-refractivity contribution is 0.223. The Morgan fingerprint density at radius 3 is 2.44 bits per heavy atom. The van der Waals surface area contributed by atoms with Gasteiger partial charge in [-0.3, -0.25) is 0 Å². The molecular formula is C12H20N2O2S2. The first kappa shape index (κ1) is 14.0. The second-order valence-corrected chi connectivity index (χ2v) is 8.53. The molecule has 2 N–H and O–H groups in total. The Balaban J connectivity index is 2.25. The number of piperidine rings is 1. The molecule has 0 aromatic carbocycles. The van der Waals surface area contributed by atoms with Gasteiger partial charge in [0.25, 0.3) is 10.0 Å². The third-order valence-electron chi connectivity index (χ3n) is 3.27. The summed E-state index contributed by atoms with van der Waals surface area (Å²) in [5, 5.41) is 0. The lowest BCUT2D eigenvalue weighted by atomic mass is 9.94. The van der Waals surface area contributed by atoms with Crippen LogP contribution < -0.4 is 5.73 Å². The summed E-state index contributed by atoms with van der Waals surface area (Å²) in [4.78, 5) is 0.909. The second-order valence-electron chi connectivity index (χ2n) is 5.19. The number of sulfonamides is 1. The summed E-state index contributed by atoms with van der Waals surface area (Å²) in [5.41, 5.74) is 5.53. The summed E-state index contributed by atoms with van der Waals surface area (Å²) in [7, 11) is -3.32. The fourth-order valence-corrected chi connectivity index (χ4v) is 5.60. The van der Waals surface area contributed by atoms with Crippen LogP contribution in [0, 0.1) is 11.8 Å². The predicted octanol–water partition coefficient (Wildman–Crippen LogP) is 1.87. The van der Waals surface area contributed by atoms with Crippen LogP contribution in [0.1, 0.15) is 25.1 Å². The van der Waals surface area contributed by atoms with Crippen molar-refractivity contribution in [3.63, 3.8) is 0 Å². The average molecular weight is 288 g/mol. The van der Waals surface area contributed by atoms with E-state index in [0.29, 0.717) is 35.7 Å². The molecule has 0 spiro atoms. The van der Waals surface area contributed by atoms with Crippen LogP contribution in [0.5, 0.6) is 0 Å². The molecule has 2 unspecified atom stereocenters. The van der Waals surface area contributed by atoms with Crippen molar-refractivity contribution in [2.24, 2.45) is 17.6 Å². The first-order valence-corrected chi connectivity index (χ1v) is 8.48. The minimum absolute atomic E-state index is 0.396. The Bertz CT molecular complexity index is 500. The second kappa shape index (κ2) is 5.28. The Labute approximate surface area is 113 Å². The zero-order valence-corrected chi connectivity index (χ0v) is 12.4. The van der Waals surface area contributed by atoms with Gasteiger partial charge in [0.15, 0.2) is 0 Å². The fourth-order valence-electron chi connectivity index (χ4n) is 2.54. The van der Waals surface area contributed by atoms with Crippen molar-refractivity contribution in [1.82, 2.24) is 4.31 Å². The minimum atomic E-state index is -3.32. The monoisotopic (exact) mass is 288 g/mol. The molecule has 1 fully saturated rings. The Hall–Kier alpha value is -0.430. The molecule has 4 nitrogen and oxygen atoms in total. The topological polar surface area (TPSA) is 63.4 Å². The van der Waals surface area contributed by atoms with Gasteiger partial charge in [0.1, 0.15) is 4.21 Å². The molecule has 0 radical (unpaired) electrons. The Kier molecular flexibility index (Phi) is 4.11. The molecular weight excluding hydrogens is 268 g/mol. The number of thiophene rings is 1. The van der Waals surface area contributed by atoms with E-state index in [9.17, 15) is 8.42 Å². The van der Waals surface area contributed by atoms with Crippen molar-refractivity contribution in [3.05, 3.63) is 17.0 Å². The highest BCUT2D eigenvalue weighted by atomic mass is 32.2. The molecule has 2 atom stereocenters. The van der Waals surface area contributed by atoms with Crippen molar-refractivity contribution in [1.29, 1.82) is 0 Å². The van der Waals surface area contributed by atoms with Gasteiger partial charge in [-0.15, -0.1) is 11.3 Å². The fraction of sp³-hybridized carbons (Fsp3) is 0.667. The predicted molar refractivity (Wildman–Crippen MR) is 73.9 cm³/mol. The third-order valence-corrected chi connectivity index (χ3v) is 6.67. The van der Waals surface area contributed by atoms with Gasteiger partial charge in [-0.1, -0.05) is 13.8 Å². The standard InChI is InChI=1S/C12H20N2O2S2/c1-9-5-10(2)8-14(7-9)18(15,16)12-4-3-11(6-13)17-12/h3-4,9-10H,5-8,13H2,1-2H3. The van der Waals surface area contributed by atoms with E-state index >= 15 is 0 Å². The molecule has 1 aliphatic rings. The van der Waals surface area contributed by atoms with Gasteiger partial charge >= 0.3 is 0 Å². The van der Waals surface area contributed by atoms with E-state index in [1.807, 2.05) is 0 Å². The zero-order chi connectivity index (χ0) is 13.3. The van der Waals surface area contributed by atoms with E-state index in [1.54, 1.807) is 16.4 Å². The molecule has 6 heteroatoms. The molecule has 102 valence electrons. The van der Waals surface area contributed by atoms with Gasteiger partial charge in [0.2, 0.25) is 0 Å². The molecule has 0 bridgehead atoms. The normalized spacial score (nSPS) is 26.4. The van der Waals surface area contributed by atoms with Crippen molar-refractivity contribution in [3.8, 4) is 0 Å². The van der Waals surface area contributed by atoms with Crippen molar-refractivity contribution < 1.29 is 8.42 Å². The third kappa shape index (κ3) is 2.77. The Morgan fingerprint density at radius 2 is 1.94 bits per heavy atom. The number of hydrogen-bond donors (Lipinski definition) is 1. The molecule has 18 heavy (non-hydrogen) atoms. The SMILES string of the molecule is CC1CC(C)CN(S(=O)(=O)c2ccc(CN)s2)C1. The van der Waals surface area contributed by atoms with Crippen LogP contribution in [-0.2, 0) is 16.6 Å². The van der Waals surface area contributed by atoms with E-state index in [4.69, 9.17) is 5.73 Å². The number of rotatable bonds is 3. The van der Waals surface area contributed by atoms with Crippen LogP contribution in [0.4, 0.5) is 0 Å². The maximum Gasteiger partial charge on any atom is 0.252 e. The molecule has 1 aromatic rings. The first-order chi connectivity index (χ1) is 8.43. The number of hydrogen-bond acceptors (Lipinski definition) is 4. The van der Waals surface area contributed by atoms with Crippen molar-refractivity contribution in [2.45, 2.75) is 31.0 Å². The summed E-state index contributed by atoms with van der Waals surface area (Å²) >= 11 is 1.28. The highest BCUT2D eigenvalue weighted by Gasteiger charge is 2.32. The highest BCUT2D eigenvalue weighted by Crippen LogP contribution is 2.29. The van der Waals surface area contributed by atoms with Crippen LogP contribution in [0.2, 0.25) is 0 Å². The van der Waals surface area contributed by atoms with Crippen LogP contribution in [0.15, 0.2) is 16.3 Å². The highest BCUT2D eigenvalue weighted by molar-refractivity contribution is 7.91. The Morgan fingerprint density at radius 1 is 1.33 bits per heavy atom. The minimum Gasteiger partial charge on any atom is -0.326 e. The van der Waals surface area contributed by atoms with E-state index in [2.05, 4.69) is 13.8 Å². The van der Waals surface area contributed by atoms with Gasteiger partial charge in [-0.2, -0.15) is 4.31 Å². The number of nitrogens with zero attached hydrogens (tertiary/aromatic N) is 1. The summed E-state index contributed by atoms with van der Waals surface area (Å²) in [6.07, 6.45) is 1.10. The van der Waals surface area contributed by atoms with Crippen LogP contribution >= 0.6 is 11.3 Å². The first-order valence-electron chi connectivity index (χ1n) is 6.22. The van der Waals surface area contributed by atoms with E-state index in [0.717, 1.165) is 11.3 Å². The molecule has 1 aliphatic heterocycles. The smallest absolute Gasteiger partial charge is 0.252 e. The maximum atomic E-state index is 12.5. The molecule has 1 aromatic heterocycles. The van der Waals surface area contributed by atoms with Gasteiger partial charge in [0.05, 0.1) is 0 Å². The molecule has 0 aliphatic carbocycles. The van der Waals surface area contributed by atoms with E-state index < -0.39 is 10.0 Å². The van der Waals surface area contributed by atoms with E-state index in [-0.39, 0.29) is 0 Å². The van der Waals surface area contributed by atoms with Gasteiger partial charge in [0, 0.05) is 24.5 Å². The van der Waals surface area contributed by atoms with Crippen LogP contribution in [0.25, 0.3) is 0 Å². The summed E-state index contributed by atoms with van der Waals surface area (Å²) in [6.45, 7) is 5.87. The van der Waals surface area contributed by atoms with E-state index in [1.165, 1.54) is 11.3 Å². The van der Waals surface area contributed by atoms with Gasteiger partial charge < -0.3 is 5.73 Å².